The van der Waals surface area contributed by atoms with Crippen LogP contribution >= 0.6 is 11.6 Å². The number of aryl methyl sites for hydroxylation is 1. The van der Waals surface area contributed by atoms with Crippen LogP contribution in [-0.2, 0) is 16.1 Å². The van der Waals surface area contributed by atoms with Crippen molar-refractivity contribution in [2.45, 2.75) is 39.8 Å². The maximum atomic E-state index is 13.2. The van der Waals surface area contributed by atoms with Gasteiger partial charge in [0.15, 0.2) is 6.61 Å². The standard InChI is InChI=1S/C22H26ClFN2O3/c1-4-20(22(28)25-5-2)26(13-16-6-8-17(24)9-7-16)21(27)14-29-18-10-11-19(23)15(3)12-18/h6-12,20H,4-5,13-14H2,1-3H3,(H,25,28)/t20-/m1/s1. The van der Waals surface area contributed by atoms with Crippen LogP contribution in [0.3, 0.4) is 0 Å². The van der Waals surface area contributed by atoms with E-state index in [1.54, 1.807) is 30.3 Å². The number of carbonyl (C=O) groups is 2. The van der Waals surface area contributed by atoms with Gasteiger partial charge >= 0.3 is 0 Å². The van der Waals surface area contributed by atoms with Crippen molar-refractivity contribution >= 4 is 23.4 Å². The minimum absolute atomic E-state index is 0.178. The van der Waals surface area contributed by atoms with Crippen molar-refractivity contribution in [3.05, 3.63) is 64.4 Å². The van der Waals surface area contributed by atoms with Crippen molar-refractivity contribution in [3.63, 3.8) is 0 Å². The zero-order valence-electron chi connectivity index (χ0n) is 16.9. The Morgan fingerprint density at radius 2 is 1.86 bits per heavy atom. The Morgan fingerprint density at radius 1 is 1.17 bits per heavy atom. The minimum atomic E-state index is -0.650. The van der Waals surface area contributed by atoms with Gasteiger partial charge in [-0.15, -0.1) is 0 Å². The van der Waals surface area contributed by atoms with Crippen molar-refractivity contribution in [1.29, 1.82) is 0 Å². The Kier molecular flexibility index (Phi) is 8.46. The molecule has 7 heteroatoms. The van der Waals surface area contributed by atoms with Crippen LogP contribution in [0.4, 0.5) is 4.39 Å². The summed E-state index contributed by atoms with van der Waals surface area (Å²) in [5.74, 6) is -0.398. The third-order valence-corrected chi connectivity index (χ3v) is 4.92. The summed E-state index contributed by atoms with van der Waals surface area (Å²) in [4.78, 5) is 26.9. The summed E-state index contributed by atoms with van der Waals surface area (Å²) in [6.07, 6.45) is 0.443. The van der Waals surface area contributed by atoms with E-state index in [0.717, 1.165) is 11.1 Å². The van der Waals surface area contributed by atoms with E-state index < -0.39 is 6.04 Å². The first kappa shape index (κ1) is 22.7. The highest BCUT2D eigenvalue weighted by molar-refractivity contribution is 6.31. The molecule has 0 unspecified atom stereocenters. The quantitative estimate of drug-likeness (QED) is 0.664. The number of amides is 2. The molecular formula is C22H26ClFN2O3. The first-order chi connectivity index (χ1) is 13.8. The van der Waals surface area contributed by atoms with Gasteiger partial charge in [0.05, 0.1) is 0 Å². The van der Waals surface area contributed by atoms with Crippen LogP contribution in [0.5, 0.6) is 5.75 Å². The first-order valence-electron chi connectivity index (χ1n) is 9.56. The van der Waals surface area contributed by atoms with Crippen LogP contribution in [0.25, 0.3) is 0 Å². The number of nitrogens with one attached hydrogen (secondary N) is 1. The topological polar surface area (TPSA) is 58.6 Å². The molecule has 0 fully saturated rings. The molecule has 1 atom stereocenters. The van der Waals surface area contributed by atoms with Crippen LogP contribution in [0.15, 0.2) is 42.5 Å². The summed E-state index contributed by atoms with van der Waals surface area (Å²) in [6.45, 7) is 5.93. The molecule has 1 N–H and O–H groups in total. The SMILES string of the molecule is CCNC(=O)[C@@H](CC)N(Cc1ccc(F)cc1)C(=O)COc1ccc(Cl)c(C)c1. The first-order valence-corrected chi connectivity index (χ1v) is 9.94. The number of benzene rings is 2. The second-order valence-electron chi connectivity index (χ2n) is 6.67. The van der Waals surface area contributed by atoms with E-state index in [9.17, 15) is 14.0 Å². The molecule has 156 valence electrons. The number of hydrogen-bond donors (Lipinski definition) is 1. The van der Waals surface area contributed by atoms with Crippen LogP contribution in [-0.4, -0.2) is 35.9 Å². The van der Waals surface area contributed by atoms with E-state index in [-0.39, 0.29) is 30.8 Å². The maximum Gasteiger partial charge on any atom is 0.261 e. The molecule has 0 aliphatic heterocycles. The summed E-state index contributed by atoms with van der Waals surface area (Å²) in [5, 5.41) is 3.38. The van der Waals surface area contributed by atoms with E-state index in [1.165, 1.54) is 17.0 Å². The third-order valence-electron chi connectivity index (χ3n) is 4.49. The van der Waals surface area contributed by atoms with Gasteiger partial charge < -0.3 is 15.0 Å². The maximum absolute atomic E-state index is 13.2. The number of halogens is 2. The Hall–Kier alpha value is -2.60. The van der Waals surface area contributed by atoms with Crippen molar-refractivity contribution in [2.75, 3.05) is 13.2 Å². The smallest absolute Gasteiger partial charge is 0.261 e. The van der Waals surface area contributed by atoms with Gasteiger partial charge in [-0.25, -0.2) is 4.39 Å². The van der Waals surface area contributed by atoms with Gasteiger partial charge in [-0.3, -0.25) is 9.59 Å². The lowest BCUT2D eigenvalue weighted by Crippen LogP contribution is -2.50. The summed E-state index contributed by atoms with van der Waals surface area (Å²) in [5.41, 5.74) is 1.57. The molecule has 2 rings (SSSR count). The number of nitrogens with zero attached hydrogens (tertiary/aromatic N) is 1. The monoisotopic (exact) mass is 420 g/mol. The zero-order valence-corrected chi connectivity index (χ0v) is 17.6. The van der Waals surface area contributed by atoms with Gasteiger partial charge in [0, 0.05) is 18.1 Å². The molecule has 0 spiro atoms. The molecule has 2 amide bonds. The fourth-order valence-corrected chi connectivity index (χ4v) is 3.05. The highest BCUT2D eigenvalue weighted by Crippen LogP contribution is 2.21. The summed E-state index contributed by atoms with van der Waals surface area (Å²) < 4.78 is 18.9. The molecule has 5 nitrogen and oxygen atoms in total. The Morgan fingerprint density at radius 3 is 2.45 bits per heavy atom. The second-order valence-corrected chi connectivity index (χ2v) is 7.07. The summed E-state index contributed by atoms with van der Waals surface area (Å²) in [7, 11) is 0. The molecular weight excluding hydrogens is 395 g/mol. The molecule has 2 aromatic rings. The lowest BCUT2D eigenvalue weighted by atomic mass is 10.1. The van der Waals surface area contributed by atoms with Gasteiger partial charge in [0.2, 0.25) is 5.91 Å². The predicted octanol–water partition coefficient (Wildman–Crippen LogP) is 4.11. The van der Waals surface area contributed by atoms with Crippen LogP contribution < -0.4 is 10.1 Å². The van der Waals surface area contributed by atoms with Gasteiger partial charge in [0.1, 0.15) is 17.6 Å². The molecule has 0 saturated carbocycles. The number of hydrogen-bond acceptors (Lipinski definition) is 3. The number of likely N-dealkylation sites (N-methyl/N-ethyl adjacent to an activating group) is 1. The second kappa shape index (κ2) is 10.8. The molecule has 29 heavy (non-hydrogen) atoms. The molecule has 0 heterocycles. The fraction of sp³-hybridized carbons (Fsp3) is 0.364. The van der Waals surface area contributed by atoms with Gasteiger partial charge in [0.25, 0.3) is 5.91 Å². The highest BCUT2D eigenvalue weighted by Gasteiger charge is 2.28. The van der Waals surface area contributed by atoms with Gasteiger partial charge in [-0.2, -0.15) is 0 Å². The van der Waals surface area contributed by atoms with Crippen molar-refractivity contribution in [3.8, 4) is 5.75 Å². The average molecular weight is 421 g/mol. The summed E-state index contributed by atoms with van der Waals surface area (Å²) in [6, 6.07) is 10.4. The summed E-state index contributed by atoms with van der Waals surface area (Å²) >= 11 is 6.02. The van der Waals surface area contributed by atoms with Crippen LogP contribution in [0.1, 0.15) is 31.4 Å². The number of rotatable bonds is 9. The van der Waals surface area contributed by atoms with E-state index >= 15 is 0 Å². The Balaban J connectivity index is 2.19. The molecule has 0 saturated heterocycles. The average Bonchev–Trinajstić information content (AvgIpc) is 2.70. The van der Waals surface area contributed by atoms with E-state index in [4.69, 9.17) is 16.3 Å². The predicted molar refractivity (Wildman–Crippen MR) is 111 cm³/mol. The molecule has 0 aromatic heterocycles. The Bertz CT molecular complexity index is 842. The Labute approximate surface area is 175 Å². The largest absolute Gasteiger partial charge is 0.484 e. The molecule has 2 aromatic carbocycles. The van der Waals surface area contributed by atoms with Crippen molar-refractivity contribution in [1.82, 2.24) is 10.2 Å². The highest BCUT2D eigenvalue weighted by atomic mass is 35.5. The third kappa shape index (κ3) is 6.46. The van der Waals surface area contributed by atoms with E-state index in [0.29, 0.717) is 23.7 Å². The van der Waals surface area contributed by atoms with Crippen LogP contribution in [0.2, 0.25) is 5.02 Å². The van der Waals surface area contributed by atoms with Crippen LogP contribution in [0, 0.1) is 12.7 Å². The number of carbonyl (C=O) groups excluding carboxylic acids is 2. The molecule has 0 bridgehead atoms. The van der Waals surface area contributed by atoms with Gasteiger partial charge in [-0.1, -0.05) is 30.7 Å². The minimum Gasteiger partial charge on any atom is -0.484 e. The number of ether oxygens (including phenoxy) is 1. The lowest BCUT2D eigenvalue weighted by molar-refractivity contribution is -0.142. The molecule has 0 aliphatic carbocycles. The van der Waals surface area contributed by atoms with E-state index in [2.05, 4.69) is 5.32 Å². The lowest BCUT2D eigenvalue weighted by Gasteiger charge is -2.30. The zero-order chi connectivity index (χ0) is 21.4. The normalized spacial score (nSPS) is 11.6. The molecule has 0 radical (unpaired) electrons. The molecule has 0 aliphatic rings. The van der Waals surface area contributed by atoms with Gasteiger partial charge in [-0.05, 0) is 61.7 Å². The van der Waals surface area contributed by atoms with Crippen molar-refractivity contribution in [2.24, 2.45) is 0 Å². The van der Waals surface area contributed by atoms with Crippen molar-refractivity contribution < 1.29 is 18.7 Å². The fourth-order valence-electron chi connectivity index (χ4n) is 2.93. The van der Waals surface area contributed by atoms with E-state index in [1.807, 2.05) is 20.8 Å².